The third kappa shape index (κ3) is 2.75. The lowest BCUT2D eigenvalue weighted by Crippen LogP contribution is -2.11. The van der Waals surface area contributed by atoms with Crippen molar-refractivity contribution in [3.05, 3.63) is 40.1 Å². The van der Waals surface area contributed by atoms with Crippen molar-refractivity contribution in [3.63, 3.8) is 0 Å². The molecule has 0 bridgehead atoms. The number of aromatic nitrogens is 4. The van der Waals surface area contributed by atoms with E-state index in [9.17, 15) is 4.79 Å². The van der Waals surface area contributed by atoms with Gasteiger partial charge in [-0.15, -0.1) is 0 Å². The summed E-state index contributed by atoms with van der Waals surface area (Å²) in [6.07, 6.45) is 5.14. The summed E-state index contributed by atoms with van der Waals surface area (Å²) in [5.74, 6) is 0.881. The van der Waals surface area contributed by atoms with Gasteiger partial charge in [-0.1, -0.05) is 13.3 Å². The van der Waals surface area contributed by atoms with Crippen LogP contribution in [-0.4, -0.2) is 19.9 Å². The summed E-state index contributed by atoms with van der Waals surface area (Å²) in [5.41, 5.74) is 1.58. The van der Waals surface area contributed by atoms with Crippen LogP contribution in [0.2, 0.25) is 0 Å². The standard InChI is InChI=1S/C12H14N4O/c1-3-4-9-5-10(17)16-12(15-9)11-13-6-8(2)7-14-11/h5-7H,3-4H2,1-2H3,(H,15,16,17). The topological polar surface area (TPSA) is 71.5 Å². The van der Waals surface area contributed by atoms with E-state index in [1.807, 2.05) is 13.8 Å². The first-order valence-corrected chi connectivity index (χ1v) is 5.58. The highest BCUT2D eigenvalue weighted by Crippen LogP contribution is 2.07. The van der Waals surface area contributed by atoms with Gasteiger partial charge in [-0.2, -0.15) is 0 Å². The Morgan fingerprint density at radius 2 is 2.00 bits per heavy atom. The van der Waals surface area contributed by atoms with E-state index in [0.29, 0.717) is 11.6 Å². The molecule has 0 radical (unpaired) electrons. The zero-order chi connectivity index (χ0) is 12.3. The highest BCUT2D eigenvalue weighted by Gasteiger charge is 2.05. The third-order valence-corrected chi connectivity index (χ3v) is 2.29. The van der Waals surface area contributed by atoms with Crippen LogP contribution < -0.4 is 5.56 Å². The third-order valence-electron chi connectivity index (χ3n) is 2.29. The highest BCUT2D eigenvalue weighted by atomic mass is 16.1. The smallest absolute Gasteiger partial charge is 0.251 e. The van der Waals surface area contributed by atoms with Crippen molar-refractivity contribution in [1.82, 2.24) is 19.9 Å². The molecule has 17 heavy (non-hydrogen) atoms. The molecule has 5 nitrogen and oxygen atoms in total. The lowest BCUT2D eigenvalue weighted by atomic mass is 10.2. The molecule has 2 heterocycles. The maximum absolute atomic E-state index is 11.5. The Bertz CT molecular complexity index is 559. The Balaban J connectivity index is 2.44. The molecule has 2 aromatic heterocycles. The first-order valence-electron chi connectivity index (χ1n) is 5.58. The Labute approximate surface area is 99.0 Å². The molecule has 0 saturated heterocycles. The number of aryl methyl sites for hydroxylation is 2. The van der Waals surface area contributed by atoms with Gasteiger partial charge in [-0.25, -0.2) is 15.0 Å². The van der Waals surface area contributed by atoms with Crippen LogP contribution in [0.1, 0.15) is 24.6 Å². The van der Waals surface area contributed by atoms with Crippen molar-refractivity contribution in [2.45, 2.75) is 26.7 Å². The molecule has 0 atom stereocenters. The number of hydrogen-bond acceptors (Lipinski definition) is 4. The molecule has 2 rings (SSSR count). The van der Waals surface area contributed by atoms with Crippen LogP contribution in [-0.2, 0) is 6.42 Å². The van der Waals surface area contributed by atoms with Gasteiger partial charge in [0.25, 0.3) is 5.56 Å². The summed E-state index contributed by atoms with van der Waals surface area (Å²) in [7, 11) is 0. The molecule has 1 N–H and O–H groups in total. The Morgan fingerprint density at radius 1 is 1.29 bits per heavy atom. The van der Waals surface area contributed by atoms with Gasteiger partial charge in [0.1, 0.15) is 0 Å². The number of nitrogens with zero attached hydrogens (tertiary/aromatic N) is 3. The van der Waals surface area contributed by atoms with E-state index >= 15 is 0 Å². The van der Waals surface area contributed by atoms with Gasteiger partial charge in [-0.05, 0) is 18.9 Å². The second-order valence-electron chi connectivity index (χ2n) is 3.92. The average molecular weight is 230 g/mol. The van der Waals surface area contributed by atoms with Crippen LogP contribution in [0.25, 0.3) is 11.6 Å². The van der Waals surface area contributed by atoms with E-state index in [-0.39, 0.29) is 5.56 Å². The average Bonchev–Trinajstić information content (AvgIpc) is 2.29. The first kappa shape index (κ1) is 11.4. The van der Waals surface area contributed by atoms with Crippen LogP contribution in [0.3, 0.4) is 0 Å². The summed E-state index contributed by atoms with van der Waals surface area (Å²) >= 11 is 0. The molecule has 0 saturated carbocycles. The SMILES string of the molecule is CCCc1cc(=O)[nH]c(-c2ncc(C)cn2)n1. The molecule has 0 aliphatic carbocycles. The molecule has 0 spiro atoms. The molecule has 5 heteroatoms. The number of nitrogens with one attached hydrogen (secondary N) is 1. The fourth-order valence-electron chi connectivity index (χ4n) is 1.51. The highest BCUT2D eigenvalue weighted by molar-refractivity contribution is 5.42. The second-order valence-corrected chi connectivity index (χ2v) is 3.92. The Kier molecular flexibility index (Phi) is 3.27. The van der Waals surface area contributed by atoms with Gasteiger partial charge in [0.05, 0.1) is 0 Å². The molecule has 0 fully saturated rings. The molecule has 0 aromatic carbocycles. The molecule has 88 valence electrons. The lowest BCUT2D eigenvalue weighted by Gasteiger charge is -2.02. The molecule has 2 aromatic rings. The maximum atomic E-state index is 11.5. The maximum Gasteiger partial charge on any atom is 0.251 e. The summed E-state index contributed by atoms with van der Waals surface area (Å²) in [4.78, 5) is 26.8. The Hall–Kier alpha value is -2.04. The minimum atomic E-state index is -0.164. The van der Waals surface area contributed by atoms with E-state index < -0.39 is 0 Å². The molecular formula is C12H14N4O. The summed E-state index contributed by atoms with van der Waals surface area (Å²) < 4.78 is 0. The van der Waals surface area contributed by atoms with E-state index in [1.54, 1.807) is 12.4 Å². The molecular weight excluding hydrogens is 216 g/mol. The fraction of sp³-hybridized carbons (Fsp3) is 0.333. The number of H-pyrrole nitrogens is 1. The lowest BCUT2D eigenvalue weighted by molar-refractivity contribution is 0.865. The minimum absolute atomic E-state index is 0.164. The zero-order valence-corrected chi connectivity index (χ0v) is 9.90. The van der Waals surface area contributed by atoms with Gasteiger partial charge in [0, 0.05) is 24.2 Å². The number of hydrogen-bond donors (Lipinski definition) is 1. The van der Waals surface area contributed by atoms with Crippen molar-refractivity contribution >= 4 is 0 Å². The number of rotatable bonds is 3. The molecule has 0 aliphatic heterocycles. The van der Waals surface area contributed by atoms with Crippen LogP contribution in [0.4, 0.5) is 0 Å². The van der Waals surface area contributed by atoms with Crippen LogP contribution in [0.15, 0.2) is 23.3 Å². The molecule has 0 aliphatic rings. The van der Waals surface area contributed by atoms with Gasteiger partial charge in [0.2, 0.25) is 0 Å². The normalized spacial score (nSPS) is 10.5. The quantitative estimate of drug-likeness (QED) is 0.867. The van der Waals surface area contributed by atoms with E-state index in [2.05, 4.69) is 19.9 Å². The van der Waals surface area contributed by atoms with Crippen molar-refractivity contribution in [2.24, 2.45) is 0 Å². The summed E-state index contributed by atoms with van der Waals surface area (Å²) in [6.45, 7) is 3.96. The molecule has 0 unspecified atom stereocenters. The van der Waals surface area contributed by atoms with Crippen LogP contribution >= 0.6 is 0 Å². The predicted octanol–water partition coefficient (Wildman–Crippen LogP) is 1.49. The van der Waals surface area contributed by atoms with Crippen molar-refractivity contribution in [3.8, 4) is 11.6 Å². The van der Waals surface area contributed by atoms with Crippen molar-refractivity contribution in [1.29, 1.82) is 0 Å². The van der Waals surface area contributed by atoms with Crippen molar-refractivity contribution < 1.29 is 0 Å². The largest absolute Gasteiger partial charge is 0.304 e. The summed E-state index contributed by atoms with van der Waals surface area (Å²) in [6, 6.07) is 1.52. The molecule has 0 amide bonds. The fourth-order valence-corrected chi connectivity index (χ4v) is 1.51. The van der Waals surface area contributed by atoms with Gasteiger partial charge in [-0.3, -0.25) is 4.79 Å². The van der Waals surface area contributed by atoms with E-state index in [0.717, 1.165) is 24.1 Å². The monoisotopic (exact) mass is 230 g/mol. The van der Waals surface area contributed by atoms with Crippen LogP contribution in [0.5, 0.6) is 0 Å². The second kappa shape index (κ2) is 4.86. The minimum Gasteiger partial charge on any atom is -0.304 e. The first-order chi connectivity index (χ1) is 8.19. The van der Waals surface area contributed by atoms with Gasteiger partial charge >= 0.3 is 0 Å². The predicted molar refractivity (Wildman–Crippen MR) is 64.6 cm³/mol. The van der Waals surface area contributed by atoms with Gasteiger partial charge in [0.15, 0.2) is 11.6 Å². The summed E-state index contributed by atoms with van der Waals surface area (Å²) in [5, 5.41) is 0. The zero-order valence-electron chi connectivity index (χ0n) is 9.90. The van der Waals surface area contributed by atoms with Crippen LogP contribution in [0, 0.1) is 6.92 Å². The Morgan fingerprint density at radius 3 is 2.65 bits per heavy atom. The van der Waals surface area contributed by atoms with Gasteiger partial charge < -0.3 is 4.98 Å². The van der Waals surface area contributed by atoms with E-state index in [1.165, 1.54) is 6.07 Å². The number of aromatic amines is 1. The van der Waals surface area contributed by atoms with E-state index in [4.69, 9.17) is 0 Å². The van der Waals surface area contributed by atoms with Crippen molar-refractivity contribution in [2.75, 3.05) is 0 Å².